The van der Waals surface area contributed by atoms with Crippen molar-refractivity contribution in [3.8, 4) is 0 Å². The number of likely N-dealkylation sites (tertiary alicyclic amines) is 1. The first-order valence-electron chi connectivity index (χ1n) is 14.6. The van der Waals surface area contributed by atoms with E-state index in [-0.39, 0.29) is 23.3 Å². The lowest BCUT2D eigenvalue weighted by Gasteiger charge is -2.18. The predicted molar refractivity (Wildman–Crippen MR) is 168 cm³/mol. The number of nitrogens with zero attached hydrogens (tertiary/aromatic N) is 4. The van der Waals surface area contributed by atoms with Gasteiger partial charge in [0.05, 0.1) is 11.0 Å². The largest absolute Gasteiger partial charge is 0.356 e. The predicted octanol–water partition coefficient (Wildman–Crippen LogP) is 5.14. The van der Waals surface area contributed by atoms with E-state index in [1.165, 1.54) is 12.3 Å². The topological polar surface area (TPSA) is 120 Å². The lowest BCUT2D eigenvalue weighted by Crippen LogP contribution is -2.26. The SMILES string of the molecule is CN(C(=O)c1ccccc1)c1ccc2c(c1)nc(NC(=O)c1cc(C(=O)c3ccccc3)c[nH]1)n2CCCN1CCCC1=O. The molecule has 0 aliphatic carbocycles. The monoisotopic (exact) mass is 588 g/mol. The number of fused-ring (bicyclic) bond motifs is 1. The highest BCUT2D eigenvalue weighted by atomic mass is 16.2. The van der Waals surface area contributed by atoms with Crippen molar-refractivity contribution < 1.29 is 19.2 Å². The van der Waals surface area contributed by atoms with E-state index in [0.29, 0.717) is 59.8 Å². The molecule has 0 radical (unpaired) electrons. The third-order valence-corrected chi connectivity index (χ3v) is 7.88. The zero-order valence-electron chi connectivity index (χ0n) is 24.3. The van der Waals surface area contributed by atoms with Crippen LogP contribution in [0.3, 0.4) is 0 Å². The van der Waals surface area contributed by atoms with Crippen LogP contribution in [0.15, 0.2) is 91.1 Å². The summed E-state index contributed by atoms with van der Waals surface area (Å²) in [5, 5.41) is 2.90. The van der Waals surface area contributed by atoms with E-state index >= 15 is 0 Å². The average molecular weight is 589 g/mol. The molecule has 1 aliphatic heterocycles. The maximum atomic E-state index is 13.4. The van der Waals surface area contributed by atoms with Crippen molar-refractivity contribution in [2.24, 2.45) is 0 Å². The number of imidazole rings is 1. The molecular weight excluding hydrogens is 556 g/mol. The van der Waals surface area contributed by atoms with Gasteiger partial charge in [0.1, 0.15) is 5.69 Å². The third kappa shape index (κ3) is 5.87. The summed E-state index contributed by atoms with van der Waals surface area (Å²) >= 11 is 0. The molecule has 1 saturated heterocycles. The van der Waals surface area contributed by atoms with Crippen LogP contribution in [-0.2, 0) is 11.3 Å². The summed E-state index contributed by atoms with van der Waals surface area (Å²) in [6.45, 7) is 1.88. The number of aryl methyl sites for hydroxylation is 1. The number of hydrogen-bond acceptors (Lipinski definition) is 5. The van der Waals surface area contributed by atoms with E-state index in [1.54, 1.807) is 48.3 Å². The number of carbonyl (C=O) groups is 4. The van der Waals surface area contributed by atoms with Crippen LogP contribution < -0.4 is 10.2 Å². The second-order valence-corrected chi connectivity index (χ2v) is 10.8. The molecule has 3 aromatic carbocycles. The summed E-state index contributed by atoms with van der Waals surface area (Å²) in [4.78, 5) is 62.5. The van der Waals surface area contributed by atoms with Crippen LogP contribution in [-0.4, -0.2) is 63.1 Å². The summed E-state index contributed by atoms with van der Waals surface area (Å²) in [5.41, 5.74) is 3.74. The molecule has 2 aromatic heterocycles. The van der Waals surface area contributed by atoms with Crippen LogP contribution >= 0.6 is 0 Å². The fourth-order valence-electron chi connectivity index (χ4n) is 5.48. The van der Waals surface area contributed by atoms with Crippen LogP contribution in [0.4, 0.5) is 11.6 Å². The van der Waals surface area contributed by atoms with E-state index in [1.807, 2.05) is 51.9 Å². The fraction of sp³-hybridized carbons (Fsp3) is 0.206. The van der Waals surface area contributed by atoms with E-state index in [0.717, 1.165) is 18.5 Å². The van der Waals surface area contributed by atoms with E-state index in [2.05, 4.69) is 10.3 Å². The first kappa shape index (κ1) is 28.6. The number of carbonyl (C=O) groups excluding carboxylic acids is 4. The minimum atomic E-state index is -0.444. The Morgan fingerprint density at radius 3 is 2.34 bits per heavy atom. The minimum absolute atomic E-state index is 0.152. The second kappa shape index (κ2) is 12.4. The van der Waals surface area contributed by atoms with E-state index < -0.39 is 5.91 Å². The molecule has 2 N–H and O–H groups in total. The Balaban J connectivity index is 1.26. The molecule has 3 heterocycles. The van der Waals surface area contributed by atoms with Crippen molar-refractivity contribution in [2.75, 3.05) is 30.4 Å². The van der Waals surface area contributed by atoms with Crippen molar-refractivity contribution in [1.82, 2.24) is 19.4 Å². The van der Waals surface area contributed by atoms with Crippen LogP contribution in [0.2, 0.25) is 0 Å². The lowest BCUT2D eigenvalue weighted by molar-refractivity contribution is -0.127. The molecule has 3 amide bonds. The highest BCUT2D eigenvalue weighted by molar-refractivity contribution is 6.11. The van der Waals surface area contributed by atoms with Gasteiger partial charge in [0.25, 0.3) is 11.8 Å². The van der Waals surface area contributed by atoms with Gasteiger partial charge in [-0.2, -0.15) is 0 Å². The number of aromatic amines is 1. The summed E-state index contributed by atoms with van der Waals surface area (Å²) in [6.07, 6.45) is 3.65. The highest BCUT2D eigenvalue weighted by Crippen LogP contribution is 2.27. The Bertz CT molecular complexity index is 1840. The first-order valence-corrected chi connectivity index (χ1v) is 14.6. The summed E-state index contributed by atoms with van der Waals surface area (Å²) in [5.74, 6) is -0.290. The molecule has 0 unspecified atom stereocenters. The lowest BCUT2D eigenvalue weighted by atomic mass is 10.1. The molecule has 1 fully saturated rings. The maximum absolute atomic E-state index is 13.4. The highest BCUT2D eigenvalue weighted by Gasteiger charge is 2.22. The fourth-order valence-corrected chi connectivity index (χ4v) is 5.48. The number of aromatic nitrogens is 3. The van der Waals surface area contributed by atoms with Gasteiger partial charge in [-0.05, 0) is 49.2 Å². The van der Waals surface area contributed by atoms with Crippen molar-refractivity contribution in [3.63, 3.8) is 0 Å². The molecule has 44 heavy (non-hydrogen) atoms. The third-order valence-electron chi connectivity index (χ3n) is 7.88. The van der Waals surface area contributed by atoms with E-state index in [9.17, 15) is 19.2 Å². The second-order valence-electron chi connectivity index (χ2n) is 10.8. The molecule has 10 heteroatoms. The number of hydrogen-bond donors (Lipinski definition) is 2. The molecule has 0 spiro atoms. The van der Waals surface area contributed by atoms with Gasteiger partial charge < -0.3 is 19.4 Å². The summed E-state index contributed by atoms with van der Waals surface area (Å²) in [7, 11) is 1.71. The summed E-state index contributed by atoms with van der Waals surface area (Å²) < 4.78 is 1.91. The summed E-state index contributed by atoms with van der Waals surface area (Å²) in [6, 6.07) is 25.0. The molecular formula is C34H32N6O4. The van der Waals surface area contributed by atoms with Gasteiger partial charge in [-0.15, -0.1) is 0 Å². The Labute approximate surface area is 254 Å². The van der Waals surface area contributed by atoms with Gasteiger partial charge >= 0.3 is 0 Å². The van der Waals surface area contributed by atoms with Gasteiger partial charge in [-0.1, -0.05) is 48.5 Å². The normalized spacial score (nSPS) is 12.9. The smallest absolute Gasteiger partial charge is 0.274 e. The Morgan fingerprint density at radius 2 is 1.64 bits per heavy atom. The molecule has 1 aliphatic rings. The van der Waals surface area contributed by atoms with Crippen LogP contribution in [0.5, 0.6) is 0 Å². The van der Waals surface area contributed by atoms with Crippen molar-refractivity contribution in [2.45, 2.75) is 25.8 Å². The standard InChI is InChI=1S/C34H32N6O4/c1-38(33(44)24-12-6-3-7-13-24)26-15-16-29-27(21-26)36-34(40(29)19-9-18-39-17-8-14-30(39)41)37-32(43)28-20-25(22-35-28)31(42)23-10-4-2-5-11-23/h2-7,10-13,15-16,20-22,35H,8-9,14,17-19H2,1H3,(H,36,37,43). The molecule has 5 aromatic rings. The van der Waals surface area contributed by atoms with Gasteiger partial charge in [0, 0.05) is 61.7 Å². The van der Waals surface area contributed by atoms with Crippen molar-refractivity contribution in [1.29, 1.82) is 0 Å². The molecule has 0 saturated carbocycles. The van der Waals surface area contributed by atoms with Gasteiger partial charge in [0.2, 0.25) is 11.9 Å². The number of ketones is 1. The minimum Gasteiger partial charge on any atom is -0.356 e. The van der Waals surface area contributed by atoms with Gasteiger partial charge in [0.15, 0.2) is 5.78 Å². The quantitative estimate of drug-likeness (QED) is 0.219. The number of H-pyrrole nitrogens is 1. The number of nitrogens with one attached hydrogen (secondary N) is 2. The molecule has 0 bridgehead atoms. The number of amides is 3. The van der Waals surface area contributed by atoms with Crippen molar-refractivity contribution in [3.05, 3.63) is 114 Å². The number of anilines is 2. The maximum Gasteiger partial charge on any atom is 0.274 e. The Kier molecular flexibility index (Phi) is 8.05. The van der Waals surface area contributed by atoms with Gasteiger partial charge in [-0.25, -0.2) is 4.98 Å². The average Bonchev–Trinajstić information content (AvgIpc) is 3.80. The molecule has 10 nitrogen and oxygen atoms in total. The molecule has 0 atom stereocenters. The zero-order valence-corrected chi connectivity index (χ0v) is 24.3. The van der Waals surface area contributed by atoms with Crippen LogP contribution in [0.25, 0.3) is 11.0 Å². The first-order chi connectivity index (χ1) is 21.4. The zero-order chi connectivity index (χ0) is 30.6. The molecule has 222 valence electrons. The number of rotatable bonds is 10. The Morgan fingerprint density at radius 1 is 0.909 bits per heavy atom. The Hall–Kier alpha value is -5.51. The number of benzene rings is 3. The molecule has 6 rings (SSSR count). The van der Waals surface area contributed by atoms with Crippen LogP contribution in [0, 0.1) is 0 Å². The van der Waals surface area contributed by atoms with E-state index in [4.69, 9.17) is 4.98 Å². The van der Waals surface area contributed by atoms with Gasteiger partial charge in [-0.3, -0.25) is 24.5 Å². The van der Waals surface area contributed by atoms with Crippen molar-refractivity contribution >= 4 is 46.2 Å². The van der Waals surface area contributed by atoms with Crippen LogP contribution in [0.1, 0.15) is 56.0 Å².